The summed E-state index contributed by atoms with van der Waals surface area (Å²) in [7, 11) is 0. The van der Waals surface area contributed by atoms with Gasteiger partial charge in [0.2, 0.25) is 0 Å². The minimum absolute atomic E-state index is 0.00992. The van der Waals surface area contributed by atoms with Crippen LogP contribution in [0.4, 0.5) is 5.82 Å². The Morgan fingerprint density at radius 2 is 1.68 bits per heavy atom. The van der Waals surface area contributed by atoms with Crippen molar-refractivity contribution in [3.63, 3.8) is 0 Å². The molecule has 0 N–H and O–H groups in total. The van der Waals surface area contributed by atoms with Crippen molar-refractivity contribution in [3.8, 4) is 0 Å². The molecule has 1 unspecified atom stereocenters. The maximum atomic E-state index is 13.0. The number of carbonyl (C=O) groups excluding carboxylic acids is 1. The molecule has 2 heterocycles. The molecule has 0 spiro atoms. The lowest BCUT2D eigenvalue weighted by Gasteiger charge is -2.37. The van der Waals surface area contributed by atoms with Crippen molar-refractivity contribution < 1.29 is 4.79 Å². The number of aromatic nitrogens is 2. The van der Waals surface area contributed by atoms with E-state index in [0.29, 0.717) is 29.6 Å². The van der Waals surface area contributed by atoms with Crippen LogP contribution in [0.1, 0.15) is 64.8 Å². The smallest absolute Gasteiger partial charge is 0.255 e. The third kappa shape index (κ3) is 5.25. The van der Waals surface area contributed by atoms with Gasteiger partial charge in [0.25, 0.3) is 5.91 Å². The van der Waals surface area contributed by atoms with Gasteiger partial charge in [-0.05, 0) is 38.0 Å². The number of amides is 1. The molecule has 0 aliphatic carbocycles. The highest BCUT2D eigenvalue weighted by atomic mass is 35.5. The molecule has 4 rings (SSSR count). The van der Waals surface area contributed by atoms with Crippen LogP contribution in [0.2, 0.25) is 5.02 Å². The van der Waals surface area contributed by atoms with E-state index in [-0.39, 0.29) is 5.91 Å². The van der Waals surface area contributed by atoms with E-state index in [1.165, 1.54) is 16.7 Å². The predicted molar refractivity (Wildman–Crippen MR) is 139 cm³/mol. The van der Waals surface area contributed by atoms with Gasteiger partial charge in [-0.25, -0.2) is 9.97 Å². The molecule has 0 saturated carbocycles. The number of piperazine rings is 1. The summed E-state index contributed by atoms with van der Waals surface area (Å²) < 4.78 is 0. The fourth-order valence-corrected chi connectivity index (χ4v) is 4.53. The molecule has 1 aliphatic rings. The Kier molecular flexibility index (Phi) is 7.52. The van der Waals surface area contributed by atoms with Gasteiger partial charge in [-0.3, -0.25) is 4.79 Å². The zero-order valence-corrected chi connectivity index (χ0v) is 21.3. The van der Waals surface area contributed by atoms with E-state index in [1.807, 2.05) is 17.0 Å². The Morgan fingerprint density at radius 1 is 1.00 bits per heavy atom. The summed E-state index contributed by atoms with van der Waals surface area (Å²) in [6.07, 6.45) is 1.79. The Balaban J connectivity index is 1.59. The zero-order chi connectivity index (χ0) is 24.2. The van der Waals surface area contributed by atoms with Crippen LogP contribution < -0.4 is 4.90 Å². The second kappa shape index (κ2) is 10.6. The number of nitrogens with zero attached hydrogens (tertiary/aromatic N) is 4. The Hall–Kier alpha value is -2.92. The molecule has 5 nitrogen and oxygen atoms in total. The highest BCUT2D eigenvalue weighted by Gasteiger charge is 2.27. The molecule has 178 valence electrons. The van der Waals surface area contributed by atoms with Crippen LogP contribution >= 0.6 is 11.6 Å². The van der Waals surface area contributed by atoms with Crippen LogP contribution in [0.5, 0.6) is 0 Å². The first-order valence-corrected chi connectivity index (χ1v) is 12.5. The molecule has 1 aromatic heterocycles. The normalized spacial score (nSPS) is 14.9. The minimum Gasteiger partial charge on any atom is -0.353 e. The molecule has 1 saturated heterocycles. The second-order valence-electron chi connectivity index (χ2n) is 9.20. The lowest BCUT2D eigenvalue weighted by Crippen LogP contribution is -2.49. The summed E-state index contributed by atoms with van der Waals surface area (Å²) in [6.45, 7) is 11.3. The van der Waals surface area contributed by atoms with Crippen LogP contribution in [0, 0.1) is 13.8 Å². The Morgan fingerprint density at radius 3 is 2.32 bits per heavy atom. The molecular formula is C28H33ClN4O. The first-order valence-electron chi connectivity index (χ1n) is 12.1. The summed E-state index contributed by atoms with van der Waals surface area (Å²) in [6, 6.07) is 15.9. The van der Waals surface area contributed by atoms with Gasteiger partial charge in [0.15, 0.2) is 0 Å². The highest BCUT2D eigenvalue weighted by molar-refractivity contribution is 6.33. The lowest BCUT2D eigenvalue weighted by molar-refractivity contribution is 0.0746. The zero-order valence-electron chi connectivity index (χ0n) is 20.5. The second-order valence-corrected chi connectivity index (χ2v) is 9.61. The quantitative estimate of drug-likeness (QED) is 0.450. The molecule has 1 aliphatic heterocycles. The summed E-state index contributed by atoms with van der Waals surface area (Å²) in [5.41, 5.74) is 5.28. The standard InChI is InChI=1S/C28H33ClN4O/c1-5-20(3)26-30-21(4)24(18-22-12-10-19(2)11-13-22)27(31-26)32-14-16-33(17-15-32)28(34)23-8-6-7-9-25(23)29/h6-13,20H,5,14-18H2,1-4H3. The van der Waals surface area contributed by atoms with E-state index >= 15 is 0 Å². The molecule has 6 heteroatoms. The summed E-state index contributed by atoms with van der Waals surface area (Å²) >= 11 is 6.27. The molecule has 0 radical (unpaired) electrons. The summed E-state index contributed by atoms with van der Waals surface area (Å²) in [5, 5.41) is 0.500. The largest absolute Gasteiger partial charge is 0.353 e. The maximum absolute atomic E-state index is 13.0. The first kappa shape index (κ1) is 24.2. The third-order valence-corrected chi connectivity index (χ3v) is 7.06. The van der Waals surface area contributed by atoms with Crippen molar-refractivity contribution in [2.75, 3.05) is 31.1 Å². The fraction of sp³-hybridized carbons (Fsp3) is 0.393. The van der Waals surface area contributed by atoms with Crippen molar-refractivity contribution >= 4 is 23.3 Å². The van der Waals surface area contributed by atoms with Gasteiger partial charge in [-0.2, -0.15) is 0 Å². The number of rotatable bonds is 6. The number of anilines is 1. The average molecular weight is 477 g/mol. The molecular weight excluding hydrogens is 444 g/mol. The number of benzene rings is 2. The van der Waals surface area contributed by atoms with E-state index in [4.69, 9.17) is 21.6 Å². The highest BCUT2D eigenvalue weighted by Crippen LogP contribution is 2.28. The van der Waals surface area contributed by atoms with Gasteiger partial charge in [0, 0.05) is 49.8 Å². The van der Waals surface area contributed by atoms with Crippen molar-refractivity contribution in [2.45, 2.75) is 46.5 Å². The van der Waals surface area contributed by atoms with E-state index in [1.54, 1.807) is 12.1 Å². The van der Waals surface area contributed by atoms with Crippen LogP contribution in [0.3, 0.4) is 0 Å². The maximum Gasteiger partial charge on any atom is 0.255 e. The van der Waals surface area contributed by atoms with Crippen LogP contribution in [0.15, 0.2) is 48.5 Å². The molecule has 34 heavy (non-hydrogen) atoms. The molecule has 1 atom stereocenters. The van der Waals surface area contributed by atoms with Gasteiger partial charge in [-0.15, -0.1) is 0 Å². The van der Waals surface area contributed by atoms with Crippen LogP contribution in [-0.4, -0.2) is 47.0 Å². The van der Waals surface area contributed by atoms with Crippen LogP contribution in [-0.2, 0) is 6.42 Å². The van der Waals surface area contributed by atoms with Gasteiger partial charge < -0.3 is 9.80 Å². The third-order valence-electron chi connectivity index (χ3n) is 6.73. The van der Waals surface area contributed by atoms with Crippen molar-refractivity contribution in [2.24, 2.45) is 0 Å². The number of halogens is 1. The predicted octanol–water partition coefficient (Wildman–Crippen LogP) is 5.81. The Labute approximate surface area is 207 Å². The molecule has 2 aromatic carbocycles. The first-order chi connectivity index (χ1) is 16.4. The molecule has 3 aromatic rings. The fourth-order valence-electron chi connectivity index (χ4n) is 4.31. The van der Waals surface area contributed by atoms with E-state index in [9.17, 15) is 4.79 Å². The van der Waals surface area contributed by atoms with Gasteiger partial charge in [0.1, 0.15) is 11.6 Å². The minimum atomic E-state index is -0.00992. The SMILES string of the molecule is CCC(C)c1nc(C)c(Cc2ccc(C)cc2)c(N2CCN(C(=O)c3ccccc3Cl)CC2)n1. The van der Waals surface area contributed by atoms with Gasteiger partial charge >= 0.3 is 0 Å². The summed E-state index contributed by atoms with van der Waals surface area (Å²) in [4.78, 5) is 27.2. The average Bonchev–Trinajstić information content (AvgIpc) is 2.86. The molecule has 0 bridgehead atoms. The van der Waals surface area contributed by atoms with Crippen molar-refractivity contribution in [1.82, 2.24) is 14.9 Å². The molecule has 1 fully saturated rings. The lowest BCUT2D eigenvalue weighted by atomic mass is 10.0. The number of aryl methyl sites for hydroxylation is 2. The number of hydrogen-bond acceptors (Lipinski definition) is 4. The van der Waals surface area contributed by atoms with Gasteiger partial charge in [0.05, 0.1) is 10.6 Å². The van der Waals surface area contributed by atoms with Crippen LogP contribution in [0.25, 0.3) is 0 Å². The topological polar surface area (TPSA) is 49.3 Å². The number of hydrogen-bond donors (Lipinski definition) is 0. The van der Waals surface area contributed by atoms with E-state index in [0.717, 1.165) is 43.3 Å². The van der Waals surface area contributed by atoms with Gasteiger partial charge in [-0.1, -0.05) is 67.4 Å². The van der Waals surface area contributed by atoms with Crippen molar-refractivity contribution in [3.05, 3.63) is 87.3 Å². The molecule has 1 amide bonds. The van der Waals surface area contributed by atoms with E-state index < -0.39 is 0 Å². The summed E-state index contributed by atoms with van der Waals surface area (Å²) in [5.74, 6) is 2.20. The van der Waals surface area contributed by atoms with Crippen molar-refractivity contribution in [1.29, 1.82) is 0 Å². The van der Waals surface area contributed by atoms with E-state index in [2.05, 4.69) is 56.9 Å². The monoisotopic (exact) mass is 476 g/mol. The Bertz CT molecular complexity index is 1150. The number of carbonyl (C=O) groups is 1.